The summed E-state index contributed by atoms with van der Waals surface area (Å²) in [6, 6.07) is 29.9. The second-order valence-corrected chi connectivity index (χ2v) is 10.3. The van der Waals surface area contributed by atoms with Crippen molar-refractivity contribution in [1.82, 2.24) is 9.55 Å². The normalized spacial score (nSPS) is 12.2. The van der Waals surface area contributed by atoms with Gasteiger partial charge in [0, 0.05) is 5.02 Å². The lowest BCUT2D eigenvalue weighted by Gasteiger charge is -2.28. The molecule has 0 saturated carbocycles. The Kier molecular flexibility index (Phi) is 6.51. The van der Waals surface area contributed by atoms with Gasteiger partial charge in [0.15, 0.2) is 5.78 Å². The van der Waals surface area contributed by atoms with Crippen molar-refractivity contribution in [1.29, 1.82) is 0 Å². The van der Waals surface area contributed by atoms with Crippen LogP contribution in [0.1, 0.15) is 11.3 Å². The Morgan fingerprint density at radius 3 is 1.83 bits per heavy atom. The molecule has 0 saturated heterocycles. The Balaban J connectivity index is 1.79. The number of halogens is 1. The first-order valence-corrected chi connectivity index (χ1v) is 13.0. The van der Waals surface area contributed by atoms with E-state index in [4.69, 9.17) is 20.6 Å². The molecular formula is C27H20ClN2O5P. The fourth-order valence-electron chi connectivity index (χ4n) is 3.88. The molecule has 180 valence electrons. The maximum absolute atomic E-state index is 14.8. The van der Waals surface area contributed by atoms with Gasteiger partial charge in [-0.2, -0.15) is 0 Å². The van der Waals surface area contributed by atoms with Crippen molar-refractivity contribution in [2.24, 2.45) is 0 Å². The van der Waals surface area contributed by atoms with Crippen LogP contribution >= 0.6 is 19.2 Å². The Morgan fingerprint density at radius 2 is 1.25 bits per heavy atom. The van der Waals surface area contributed by atoms with Crippen LogP contribution in [0.2, 0.25) is 5.02 Å². The third-order valence-electron chi connectivity index (χ3n) is 5.50. The molecule has 36 heavy (non-hydrogen) atoms. The van der Waals surface area contributed by atoms with E-state index in [1.54, 1.807) is 109 Å². The fraction of sp³-hybridized carbons (Fsp3) is 0.0370. The third-order valence-corrected chi connectivity index (χ3v) is 7.81. The highest BCUT2D eigenvalue weighted by Gasteiger charge is 2.44. The average Bonchev–Trinajstić information content (AvgIpc) is 2.88. The van der Waals surface area contributed by atoms with E-state index in [1.165, 1.54) is 0 Å². The Hall–Kier alpha value is -4.06. The lowest BCUT2D eigenvalue weighted by Crippen LogP contribution is -2.39. The van der Waals surface area contributed by atoms with E-state index in [0.717, 1.165) is 4.57 Å². The summed E-state index contributed by atoms with van der Waals surface area (Å²) in [7, 11) is -4.36. The number of fused-ring (bicyclic) bond motifs is 1. The SMILES string of the molecule is O=c1[nH]c2ccccc2c(=O)n1C(c1ccc(Cl)cc1)P(=O)(Oc1ccccc1)Oc1ccccc1. The van der Waals surface area contributed by atoms with Crippen LogP contribution in [-0.4, -0.2) is 9.55 Å². The van der Waals surface area contributed by atoms with Crippen molar-refractivity contribution in [2.75, 3.05) is 0 Å². The Bertz CT molecular complexity index is 1620. The molecular weight excluding hydrogens is 499 g/mol. The molecule has 7 nitrogen and oxygen atoms in total. The van der Waals surface area contributed by atoms with Gasteiger partial charge in [0.2, 0.25) is 0 Å². The zero-order valence-corrected chi connectivity index (χ0v) is 20.4. The number of benzene rings is 4. The first-order chi connectivity index (χ1) is 17.4. The van der Waals surface area contributed by atoms with Crippen LogP contribution in [0.5, 0.6) is 11.5 Å². The second kappa shape index (κ2) is 9.90. The molecule has 4 aromatic carbocycles. The smallest absolute Gasteiger partial charge is 0.414 e. The van der Waals surface area contributed by atoms with Crippen LogP contribution in [-0.2, 0) is 4.57 Å². The van der Waals surface area contributed by atoms with Crippen molar-refractivity contribution in [3.8, 4) is 11.5 Å². The Labute approximate surface area is 211 Å². The van der Waals surface area contributed by atoms with Gasteiger partial charge in [0.25, 0.3) is 5.56 Å². The predicted octanol–water partition coefficient (Wildman–Crippen LogP) is 6.24. The predicted molar refractivity (Wildman–Crippen MR) is 140 cm³/mol. The molecule has 0 fully saturated rings. The van der Waals surface area contributed by atoms with E-state index in [0.29, 0.717) is 16.1 Å². The molecule has 1 atom stereocenters. The number of rotatable bonds is 7. The maximum atomic E-state index is 14.8. The number of nitrogens with zero attached hydrogens (tertiary/aromatic N) is 1. The minimum atomic E-state index is -4.36. The molecule has 1 heterocycles. The van der Waals surface area contributed by atoms with E-state index in [2.05, 4.69) is 4.98 Å². The zero-order valence-electron chi connectivity index (χ0n) is 18.8. The van der Waals surface area contributed by atoms with Gasteiger partial charge >= 0.3 is 13.3 Å². The highest BCUT2D eigenvalue weighted by Crippen LogP contribution is 2.60. The van der Waals surface area contributed by atoms with Crippen molar-refractivity contribution >= 4 is 30.1 Å². The lowest BCUT2D eigenvalue weighted by molar-refractivity contribution is 0.361. The second-order valence-electron chi connectivity index (χ2n) is 7.92. The molecule has 5 rings (SSSR count). The van der Waals surface area contributed by atoms with Crippen LogP contribution < -0.4 is 20.3 Å². The summed E-state index contributed by atoms with van der Waals surface area (Å²) in [6.45, 7) is 0. The number of aromatic nitrogens is 2. The maximum Gasteiger partial charge on any atom is 0.458 e. The largest absolute Gasteiger partial charge is 0.458 e. The van der Waals surface area contributed by atoms with E-state index < -0.39 is 24.6 Å². The van der Waals surface area contributed by atoms with Crippen LogP contribution in [0.15, 0.2) is 119 Å². The van der Waals surface area contributed by atoms with Gasteiger partial charge in [-0.15, -0.1) is 0 Å². The van der Waals surface area contributed by atoms with Crippen LogP contribution in [0, 0.1) is 0 Å². The summed E-state index contributed by atoms with van der Waals surface area (Å²) in [5, 5.41) is 0.682. The number of H-pyrrole nitrogens is 1. The molecule has 9 heteroatoms. The molecule has 1 aromatic heterocycles. The van der Waals surface area contributed by atoms with Gasteiger partial charge in [-0.05, 0) is 54.1 Å². The fourth-order valence-corrected chi connectivity index (χ4v) is 6.11. The first kappa shape index (κ1) is 23.7. The quantitative estimate of drug-likeness (QED) is 0.257. The van der Waals surface area contributed by atoms with Crippen LogP contribution in [0.3, 0.4) is 0 Å². The summed E-state index contributed by atoms with van der Waals surface area (Å²) in [5.41, 5.74) is -0.686. The molecule has 1 unspecified atom stereocenters. The van der Waals surface area contributed by atoms with Crippen molar-refractivity contribution in [3.05, 3.63) is 141 Å². The van der Waals surface area contributed by atoms with Gasteiger partial charge < -0.3 is 14.0 Å². The summed E-state index contributed by atoms with van der Waals surface area (Å²) in [5.74, 6) is -0.932. The standard InChI is InChI=1S/C27H20ClN2O5P/c28-20-17-15-19(16-18-20)26(30-25(31)23-13-7-8-14-24(23)29-27(30)32)36(33,34-21-9-3-1-4-10-21)35-22-11-5-2-6-12-22/h1-18,26H,(H,29,32). The highest BCUT2D eigenvalue weighted by molar-refractivity contribution is 7.55. The molecule has 0 aliphatic rings. The van der Waals surface area contributed by atoms with E-state index in [-0.39, 0.29) is 16.9 Å². The summed E-state index contributed by atoms with van der Waals surface area (Å²) < 4.78 is 27.7. The molecule has 1 N–H and O–H groups in total. The molecule has 0 spiro atoms. The lowest BCUT2D eigenvalue weighted by atomic mass is 10.2. The first-order valence-electron chi connectivity index (χ1n) is 11.0. The van der Waals surface area contributed by atoms with Gasteiger partial charge in [0.1, 0.15) is 11.5 Å². The number of hydrogen-bond donors (Lipinski definition) is 1. The zero-order chi connectivity index (χ0) is 25.1. The van der Waals surface area contributed by atoms with Gasteiger partial charge in [-0.1, -0.05) is 72.3 Å². The molecule has 0 amide bonds. The van der Waals surface area contributed by atoms with Crippen LogP contribution in [0.4, 0.5) is 0 Å². The van der Waals surface area contributed by atoms with Gasteiger partial charge in [-0.3, -0.25) is 4.79 Å². The van der Waals surface area contributed by atoms with E-state index >= 15 is 0 Å². The van der Waals surface area contributed by atoms with Crippen molar-refractivity contribution < 1.29 is 13.6 Å². The van der Waals surface area contributed by atoms with Crippen molar-refractivity contribution in [3.63, 3.8) is 0 Å². The van der Waals surface area contributed by atoms with Gasteiger partial charge in [-0.25, -0.2) is 13.9 Å². The van der Waals surface area contributed by atoms with E-state index in [9.17, 15) is 14.2 Å². The number of hydrogen-bond acceptors (Lipinski definition) is 5. The Morgan fingerprint density at radius 1 is 0.722 bits per heavy atom. The molecule has 0 radical (unpaired) electrons. The minimum absolute atomic E-state index is 0.251. The highest BCUT2D eigenvalue weighted by atomic mass is 35.5. The number of nitrogens with one attached hydrogen (secondary N) is 1. The number of para-hydroxylation sites is 3. The minimum Gasteiger partial charge on any atom is -0.414 e. The monoisotopic (exact) mass is 518 g/mol. The van der Waals surface area contributed by atoms with Gasteiger partial charge in [0.05, 0.1) is 10.9 Å². The molecule has 5 aromatic rings. The third kappa shape index (κ3) is 4.71. The van der Waals surface area contributed by atoms with E-state index in [1.807, 2.05) is 0 Å². The summed E-state index contributed by atoms with van der Waals surface area (Å²) >= 11 is 6.11. The van der Waals surface area contributed by atoms with Crippen LogP contribution in [0.25, 0.3) is 10.9 Å². The molecule has 0 bridgehead atoms. The number of aromatic amines is 1. The summed E-state index contributed by atoms with van der Waals surface area (Å²) in [6.07, 6.45) is 0. The summed E-state index contributed by atoms with van der Waals surface area (Å²) in [4.78, 5) is 29.7. The topological polar surface area (TPSA) is 90.4 Å². The molecule has 0 aliphatic heterocycles. The molecule has 0 aliphatic carbocycles. The van der Waals surface area contributed by atoms with Crippen molar-refractivity contribution in [2.45, 2.75) is 5.78 Å². The average molecular weight is 519 g/mol.